The molecule has 128 valence electrons. The van der Waals surface area contributed by atoms with Crippen LogP contribution in [0.1, 0.15) is 19.3 Å². The lowest BCUT2D eigenvalue weighted by Crippen LogP contribution is -2.46. The Labute approximate surface area is 137 Å². The van der Waals surface area contributed by atoms with E-state index in [1.54, 1.807) is 0 Å². The molecule has 0 unspecified atom stereocenters. The van der Waals surface area contributed by atoms with Crippen molar-refractivity contribution >= 4 is 10.0 Å². The molecule has 2 aliphatic rings. The lowest BCUT2D eigenvalue weighted by Gasteiger charge is -2.38. The molecular weight excluding hydrogens is 319 g/mol. The molecule has 2 aliphatic heterocycles. The number of hydrogen-bond donors (Lipinski definition) is 0. The summed E-state index contributed by atoms with van der Waals surface area (Å²) in [6.07, 6.45) is 2.36. The third kappa shape index (κ3) is 3.28. The van der Waals surface area contributed by atoms with Crippen molar-refractivity contribution in [1.29, 1.82) is 0 Å². The minimum atomic E-state index is -3.55. The van der Waals surface area contributed by atoms with Crippen LogP contribution in [0.25, 0.3) is 0 Å². The van der Waals surface area contributed by atoms with Gasteiger partial charge in [-0.05, 0) is 57.6 Å². The van der Waals surface area contributed by atoms with E-state index < -0.39 is 15.8 Å². The Hall–Kier alpha value is -1.02. The van der Waals surface area contributed by atoms with Gasteiger partial charge in [-0.2, -0.15) is 4.31 Å². The van der Waals surface area contributed by atoms with Crippen LogP contribution in [0.3, 0.4) is 0 Å². The molecule has 7 heteroatoms. The van der Waals surface area contributed by atoms with Crippen molar-refractivity contribution in [2.24, 2.45) is 0 Å². The number of halogens is 1. The molecule has 2 saturated heterocycles. The zero-order valence-corrected chi connectivity index (χ0v) is 14.4. The van der Waals surface area contributed by atoms with Crippen LogP contribution in [-0.2, 0) is 14.8 Å². The van der Waals surface area contributed by atoms with Gasteiger partial charge in [0.1, 0.15) is 5.82 Å². The van der Waals surface area contributed by atoms with E-state index in [1.807, 2.05) is 14.1 Å². The number of ether oxygens (including phenoxy) is 1. The second-order valence-electron chi connectivity index (χ2n) is 6.67. The van der Waals surface area contributed by atoms with Crippen molar-refractivity contribution < 1.29 is 17.5 Å². The summed E-state index contributed by atoms with van der Waals surface area (Å²) in [4.78, 5) is 2.31. The predicted molar refractivity (Wildman–Crippen MR) is 85.2 cm³/mol. The molecule has 2 heterocycles. The summed E-state index contributed by atoms with van der Waals surface area (Å²) in [6.45, 7) is 1.59. The van der Waals surface area contributed by atoms with Crippen LogP contribution in [0, 0.1) is 5.82 Å². The van der Waals surface area contributed by atoms with Gasteiger partial charge in [0.25, 0.3) is 0 Å². The van der Waals surface area contributed by atoms with Gasteiger partial charge in [0.2, 0.25) is 10.0 Å². The number of likely N-dealkylation sites (N-methyl/N-ethyl adjacent to an activating group) is 1. The molecule has 3 rings (SSSR count). The summed E-state index contributed by atoms with van der Waals surface area (Å²) in [5.74, 6) is -0.435. The van der Waals surface area contributed by atoms with E-state index in [0.29, 0.717) is 38.6 Å². The maximum absolute atomic E-state index is 13.0. The van der Waals surface area contributed by atoms with Crippen LogP contribution in [0.15, 0.2) is 29.2 Å². The summed E-state index contributed by atoms with van der Waals surface area (Å²) < 4.78 is 45.8. The molecule has 0 amide bonds. The molecule has 1 atom stereocenters. The van der Waals surface area contributed by atoms with Gasteiger partial charge in [0, 0.05) is 19.1 Å². The molecule has 0 aromatic heterocycles. The fourth-order valence-electron chi connectivity index (χ4n) is 3.39. The molecule has 23 heavy (non-hydrogen) atoms. The highest BCUT2D eigenvalue weighted by Crippen LogP contribution is 2.38. The van der Waals surface area contributed by atoms with E-state index in [0.717, 1.165) is 6.42 Å². The highest BCUT2D eigenvalue weighted by Gasteiger charge is 2.45. The first kappa shape index (κ1) is 16.8. The molecule has 0 N–H and O–H groups in total. The molecule has 1 aromatic carbocycles. The molecule has 0 bridgehead atoms. The summed E-state index contributed by atoms with van der Waals surface area (Å²) in [5.41, 5.74) is -0.191. The number of hydrogen-bond acceptors (Lipinski definition) is 4. The molecule has 2 fully saturated rings. The third-order valence-electron chi connectivity index (χ3n) is 5.00. The second-order valence-corrected chi connectivity index (χ2v) is 8.61. The second kappa shape index (κ2) is 6.12. The van der Waals surface area contributed by atoms with E-state index in [1.165, 1.54) is 28.6 Å². The number of rotatable bonds is 3. The average molecular weight is 342 g/mol. The van der Waals surface area contributed by atoms with E-state index in [9.17, 15) is 12.8 Å². The zero-order chi connectivity index (χ0) is 16.7. The van der Waals surface area contributed by atoms with E-state index in [-0.39, 0.29) is 10.5 Å². The topological polar surface area (TPSA) is 49.9 Å². The van der Waals surface area contributed by atoms with Crippen molar-refractivity contribution in [2.45, 2.75) is 35.8 Å². The predicted octanol–water partition coefficient (Wildman–Crippen LogP) is 1.70. The SMILES string of the molecule is CN(C)[C@H]1COC2(CCN(S(=O)(=O)c3ccc(F)cc3)CC2)C1. The zero-order valence-electron chi connectivity index (χ0n) is 13.5. The molecule has 0 radical (unpaired) electrons. The first-order chi connectivity index (χ1) is 10.8. The maximum Gasteiger partial charge on any atom is 0.243 e. The summed E-state index contributed by atoms with van der Waals surface area (Å²) in [5, 5.41) is 0. The largest absolute Gasteiger partial charge is 0.373 e. The normalized spacial score (nSPS) is 25.3. The smallest absolute Gasteiger partial charge is 0.243 e. The maximum atomic E-state index is 13.0. The Morgan fingerprint density at radius 2 is 1.83 bits per heavy atom. The Morgan fingerprint density at radius 1 is 1.22 bits per heavy atom. The van der Waals surface area contributed by atoms with Crippen LogP contribution in [0.2, 0.25) is 0 Å². The Bertz CT molecular complexity index is 652. The van der Waals surface area contributed by atoms with Crippen molar-refractivity contribution in [3.8, 4) is 0 Å². The number of nitrogens with zero attached hydrogens (tertiary/aromatic N) is 2. The minimum Gasteiger partial charge on any atom is -0.373 e. The highest BCUT2D eigenvalue weighted by atomic mass is 32.2. The van der Waals surface area contributed by atoms with Gasteiger partial charge in [-0.1, -0.05) is 0 Å². The van der Waals surface area contributed by atoms with Crippen LogP contribution < -0.4 is 0 Å². The Kier molecular flexibility index (Phi) is 4.48. The quantitative estimate of drug-likeness (QED) is 0.839. The number of piperidine rings is 1. The lowest BCUT2D eigenvalue weighted by molar-refractivity contribution is -0.0315. The standard InChI is InChI=1S/C16H23FN2O3S/c1-18(2)14-11-16(22-12-14)7-9-19(10-8-16)23(20,21)15-5-3-13(17)4-6-15/h3-6,14H,7-12H2,1-2H3/t14-/m1/s1. The van der Waals surface area contributed by atoms with Gasteiger partial charge in [-0.25, -0.2) is 12.8 Å². The van der Waals surface area contributed by atoms with Crippen LogP contribution in [0.5, 0.6) is 0 Å². The van der Waals surface area contributed by atoms with Gasteiger partial charge in [0.15, 0.2) is 0 Å². The fraction of sp³-hybridized carbons (Fsp3) is 0.625. The van der Waals surface area contributed by atoms with Gasteiger partial charge in [-0.15, -0.1) is 0 Å². The summed E-state index contributed by atoms with van der Waals surface area (Å²) in [7, 11) is 0.531. The van der Waals surface area contributed by atoms with Gasteiger partial charge in [-0.3, -0.25) is 0 Å². The number of benzene rings is 1. The van der Waals surface area contributed by atoms with Crippen LogP contribution in [0.4, 0.5) is 4.39 Å². The average Bonchev–Trinajstić information content (AvgIpc) is 2.92. The summed E-state index contributed by atoms with van der Waals surface area (Å²) in [6, 6.07) is 5.40. The fourth-order valence-corrected chi connectivity index (χ4v) is 4.83. The van der Waals surface area contributed by atoms with Crippen molar-refractivity contribution in [3.63, 3.8) is 0 Å². The van der Waals surface area contributed by atoms with Gasteiger partial charge >= 0.3 is 0 Å². The van der Waals surface area contributed by atoms with Gasteiger partial charge in [0.05, 0.1) is 17.1 Å². The van der Waals surface area contributed by atoms with E-state index in [2.05, 4.69) is 4.90 Å². The Balaban J connectivity index is 1.68. The molecular formula is C16H23FN2O3S. The first-order valence-corrected chi connectivity index (χ1v) is 9.33. The Morgan fingerprint density at radius 3 is 2.35 bits per heavy atom. The van der Waals surface area contributed by atoms with Crippen molar-refractivity contribution in [2.75, 3.05) is 33.8 Å². The third-order valence-corrected chi connectivity index (χ3v) is 6.92. The van der Waals surface area contributed by atoms with E-state index in [4.69, 9.17) is 4.74 Å². The number of sulfonamides is 1. The minimum absolute atomic E-state index is 0.147. The van der Waals surface area contributed by atoms with Gasteiger partial charge < -0.3 is 9.64 Å². The van der Waals surface area contributed by atoms with E-state index >= 15 is 0 Å². The first-order valence-electron chi connectivity index (χ1n) is 7.89. The molecule has 1 spiro atoms. The molecule has 0 aliphatic carbocycles. The van der Waals surface area contributed by atoms with Crippen LogP contribution in [-0.4, -0.2) is 63.1 Å². The van der Waals surface area contributed by atoms with Crippen LogP contribution >= 0.6 is 0 Å². The lowest BCUT2D eigenvalue weighted by atomic mass is 9.88. The molecule has 1 aromatic rings. The molecule has 5 nitrogen and oxygen atoms in total. The monoisotopic (exact) mass is 342 g/mol. The summed E-state index contributed by atoms with van der Waals surface area (Å²) >= 11 is 0. The van der Waals surface area contributed by atoms with Crippen molar-refractivity contribution in [1.82, 2.24) is 9.21 Å². The van der Waals surface area contributed by atoms with Crippen molar-refractivity contribution in [3.05, 3.63) is 30.1 Å². The molecule has 0 saturated carbocycles. The highest BCUT2D eigenvalue weighted by molar-refractivity contribution is 7.89.